The molecule has 2 N–H and O–H groups in total. The highest BCUT2D eigenvalue weighted by molar-refractivity contribution is 7.91. The average molecular weight is 647 g/mol. The Kier molecular flexibility index (Phi) is 13.8. The van der Waals surface area contributed by atoms with E-state index in [2.05, 4.69) is 0 Å². The van der Waals surface area contributed by atoms with Crippen LogP contribution in [0.15, 0.2) is 59.5 Å². The number of hydrogen-bond donors (Lipinski definition) is 2. The van der Waals surface area contributed by atoms with Gasteiger partial charge in [0.2, 0.25) is 0 Å². The number of rotatable bonds is 20. The van der Waals surface area contributed by atoms with Gasteiger partial charge in [-0.25, -0.2) is 17.2 Å². The van der Waals surface area contributed by atoms with Gasteiger partial charge in [0.05, 0.1) is 23.9 Å². The van der Waals surface area contributed by atoms with Crippen LogP contribution in [0.25, 0.3) is 11.1 Å². The number of hydrogen-bond acceptors (Lipinski definition) is 6. The minimum absolute atomic E-state index is 0.00729. The minimum atomic E-state index is -3.59. The number of aryl methyl sites for hydroxylation is 1. The predicted octanol–water partition coefficient (Wildman–Crippen LogP) is 7.26. The molecule has 0 radical (unpaired) electrons. The van der Waals surface area contributed by atoms with Crippen molar-refractivity contribution in [1.29, 1.82) is 0 Å². The molecular weight excluding hydrogens is 606 g/mol. The van der Waals surface area contributed by atoms with Crippen LogP contribution in [-0.4, -0.2) is 49.5 Å². The zero-order valence-corrected chi connectivity index (χ0v) is 26.2. The summed E-state index contributed by atoms with van der Waals surface area (Å²) < 4.78 is 64.7. The summed E-state index contributed by atoms with van der Waals surface area (Å²) in [6.07, 6.45) is 5.01. The van der Waals surface area contributed by atoms with Crippen LogP contribution in [-0.2, 0) is 32.3 Å². The molecule has 0 spiro atoms. The van der Waals surface area contributed by atoms with Gasteiger partial charge in [0, 0.05) is 12.8 Å². The maximum Gasteiger partial charge on any atom is 0.303 e. The molecule has 8 nitrogen and oxygen atoms in total. The van der Waals surface area contributed by atoms with Crippen molar-refractivity contribution < 1.29 is 46.5 Å². The van der Waals surface area contributed by atoms with E-state index >= 15 is 0 Å². The SMILES string of the molecule is CCCS(=O)(=O)c1cc(OCCCCCCc2cccc(OCCCC(=O)O)c2CCC(=O)O)cc(-c2ccc(F)c(F)c2)c1. The molecule has 11 heteroatoms. The molecule has 0 saturated carbocycles. The van der Waals surface area contributed by atoms with Crippen LogP contribution in [0.4, 0.5) is 8.78 Å². The number of benzene rings is 3. The first kappa shape index (κ1) is 35.5. The summed E-state index contributed by atoms with van der Waals surface area (Å²) >= 11 is 0. The second-order valence-corrected chi connectivity index (χ2v) is 12.9. The number of carboxylic acid groups (broad SMARTS) is 2. The van der Waals surface area contributed by atoms with E-state index in [9.17, 15) is 31.9 Å². The molecule has 0 bridgehead atoms. The second-order valence-electron chi connectivity index (χ2n) is 10.8. The summed E-state index contributed by atoms with van der Waals surface area (Å²) in [5.74, 6) is -2.97. The van der Waals surface area contributed by atoms with E-state index in [-0.39, 0.29) is 30.1 Å². The summed E-state index contributed by atoms with van der Waals surface area (Å²) in [6.45, 7) is 2.32. The highest BCUT2D eigenvalue weighted by Crippen LogP contribution is 2.31. The Bertz CT molecular complexity index is 1560. The molecule has 0 heterocycles. The molecule has 0 unspecified atom stereocenters. The van der Waals surface area contributed by atoms with Crippen LogP contribution < -0.4 is 9.47 Å². The molecule has 45 heavy (non-hydrogen) atoms. The molecule has 0 aliphatic carbocycles. The smallest absolute Gasteiger partial charge is 0.303 e. The van der Waals surface area contributed by atoms with Gasteiger partial charge in [0.25, 0.3) is 0 Å². The number of carboxylic acids is 2. The Morgan fingerprint density at radius 1 is 0.756 bits per heavy atom. The number of halogens is 2. The standard InChI is InChI=1S/C34H40F2O8S/c1-2-19-45(41,42)28-21-26(25-13-15-30(35)31(36)22-25)20-27(23-28)43-17-6-4-3-5-9-24-10-7-11-32(29(24)14-16-34(39)40)44-18-8-12-33(37)38/h7,10-11,13,15,20-23H,2-6,8-9,12,14,16-19H2,1H3,(H,37,38)(H,39,40). The lowest BCUT2D eigenvalue weighted by Gasteiger charge is -2.15. The summed E-state index contributed by atoms with van der Waals surface area (Å²) in [7, 11) is -3.59. The molecule has 0 amide bonds. The number of carbonyl (C=O) groups is 2. The molecule has 3 rings (SSSR count). The summed E-state index contributed by atoms with van der Waals surface area (Å²) in [5.41, 5.74) is 2.57. The van der Waals surface area contributed by atoms with Gasteiger partial charge in [-0.05, 0) is 97.2 Å². The number of aliphatic carboxylic acids is 2. The van der Waals surface area contributed by atoms with E-state index in [0.717, 1.165) is 48.9 Å². The number of ether oxygens (including phenoxy) is 2. The third-order valence-electron chi connectivity index (χ3n) is 7.19. The summed E-state index contributed by atoms with van der Waals surface area (Å²) in [6, 6.07) is 13.5. The van der Waals surface area contributed by atoms with Crippen molar-refractivity contribution in [1.82, 2.24) is 0 Å². The molecule has 0 aromatic heterocycles. The largest absolute Gasteiger partial charge is 0.494 e. The van der Waals surface area contributed by atoms with Crippen molar-refractivity contribution in [3.8, 4) is 22.6 Å². The lowest BCUT2D eigenvalue weighted by atomic mass is 9.97. The van der Waals surface area contributed by atoms with E-state index in [1.807, 2.05) is 12.1 Å². The topological polar surface area (TPSA) is 127 Å². The minimum Gasteiger partial charge on any atom is -0.494 e. The van der Waals surface area contributed by atoms with Crippen molar-refractivity contribution in [2.45, 2.75) is 76.0 Å². The first-order valence-electron chi connectivity index (χ1n) is 15.1. The highest BCUT2D eigenvalue weighted by atomic mass is 32.2. The lowest BCUT2D eigenvalue weighted by Crippen LogP contribution is -2.07. The van der Waals surface area contributed by atoms with Crippen LogP contribution in [0, 0.1) is 11.6 Å². The third kappa shape index (κ3) is 11.5. The van der Waals surface area contributed by atoms with Crippen LogP contribution >= 0.6 is 0 Å². The fourth-order valence-electron chi connectivity index (χ4n) is 4.93. The molecular formula is C34H40F2O8S. The summed E-state index contributed by atoms with van der Waals surface area (Å²) in [5, 5.41) is 18.0. The van der Waals surface area contributed by atoms with E-state index in [1.54, 1.807) is 19.1 Å². The van der Waals surface area contributed by atoms with Gasteiger partial charge in [0.15, 0.2) is 21.5 Å². The molecule has 3 aromatic carbocycles. The Hall–Kier alpha value is -3.99. The van der Waals surface area contributed by atoms with Crippen LogP contribution in [0.2, 0.25) is 0 Å². The average Bonchev–Trinajstić information content (AvgIpc) is 2.99. The van der Waals surface area contributed by atoms with E-state index in [0.29, 0.717) is 54.9 Å². The van der Waals surface area contributed by atoms with Crippen molar-refractivity contribution in [3.63, 3.8) is 0 Å². The third-order valence-corrected chi connectivity index (χ3v) is 9.09. The van der Waals surface area contributed by atoms with E-state index < -0.39 is 33.4 Å². The Balaban J connectivity index is 1.58. The van der Waals surface area contributed by atoms with Gasteiger partial charge < -0.3 is 19.7 Å². The molecule has 0 saturated heterocycles. The Morgan fingerprint density at radius 3 is 2.20 bits per heavy atom. The maximum atomic E-state index is 13.9. The predicted molar refractivity (Wildman–Crippen MR) is 167 cm³/mol. The van der Waals surface area contributed by atoms with Gasteiger partial charge >= 0.3 is 11.9 Å². The monoisotopic (exact) mass is 646 g/mol. The van der Waals surface area contributed by atoms with Gasteiger partial charge in [-0.2, -0.15) is 0 Å². The lowest BCUT2D eigenvalue weighted by molar-refractivity contribution is -0.138. The van der Waals surface area contributed by atoms with Gasteiger partial charge in [-0.15, -0.1) is 0 Å². The fraction of sp³-hybridized carbons (Fsp3) is 0.412. The van der Waals surface area contributed by atoms with Gasteiger partial charge in [-0.3, -0.25) is 9.59 Å². The molecule has 244 valence electrons. The maximum absolute atomic E-state index is 13.9. The fourth-order valence-corrected chi connectivity index (χ4v) is 6.30. The number of unbranched alkanes of at least 4 members (excludes halogenated alkanes) is 3. The van der Waals surface area contributed by atoms with Gasteiger partial charge in [-0.1, -0.05) is 38.0 Å². The molecule has 3 aromatic rings. The molecule has 0 atom stereocenters. The van der Waals surface area contributed by atoms with Crippen molar-refractivity contribution >= 4 is 21.8 Å². The summed E-state index contributed by atoms with van der Waals surface area (Å²) in [4.78, 5) is 22.1. The van der Waals surface area contributed by atoms with Crippen molar-refractivity contribution in [2.24, 2.45) is 0 Å². The van der Waals surface area contributed by atoms with Crippen molar-refractivity contribution in [3.05, 3.63) is 77.4 Å². The van der Waals surface area contributed by atoms with Gasteiger partial charge in [0.1, 0.15) is 11.5 Å². The van der Waals surface area contributed by atoms with E-state index in [4.69, 9.17) is 14.6 Å². The first-order valence-corrected chi connectivity index (χ1v) is 16.8. The van der Waals surface area contributed by atoms with Crippen LogP contribution in [0.1, 0.15) is 69.4 Å². The second kappa shape index (κ2) is 17.5. The van der Waals surface area contributed by atoms with Crippen molar-refractivity contribution in [2.75, 3.05) is 19.0 Å². The zero-order chi connectivity index (χ0) is 32.8. The van der Waals surface area contributed by atoms with Crippen LogP contribution in [0.5, 0.6) is 11.5 Å². The Labute approximate surface area is 262 Å². The highest BCUT2D eigenvalue weighted by Gasteiger charge is 2.17. The zero-order valence-electron chi connectivity index (χ0n) is 25.4. The molecule has 0 fully saturated rings. The van der Waals surface area contributed by atoms with E-state index in [1.165, 1.54) is 18.2 Å². The molecule has 0 aliphatic heterocycles. The Morgan fingerprint density at radius 2 is 1.49 bits per heavy atom. The first-order chi connectivity index (χ1) is 21.5. The quantitative estimate of drug-likeness (QED) is 0.123. The molecule has 0 aliphatic rings. The van der Waals surface area contributed by atoms with Crippen LogP contribution in [0.3, 0.4) is 0 Å². The normalized spacial score (nSPS) is 11.4. The number of sulfone groups is 1.